The number of H-pyrrole nitrogens is 1. The molecule has 1 aliphatic carbocycles. The largest absolute Gasteiger partial charge is 0.352 e. The lowest BCUT2D eigenvalue weighted by Gasteiger charge is -2.24. The number of carbonyl (C=O) groups excluding carboxylic acids is 1. The van der Waals surface area contributed by atoms with Crippen molar-refractivity contribution in [3.8, 4) is 0 Å². The highest BCUT2D eigenvalue weighted by molar-refractivity contribution is 8.00. The van der Waals surface area contributed by atoms with Crippen LogP contribution in [-0.4, -0.2) is 27.2 Å². The Labute approximate surface area is 143 Å². The standard InChI is InChI=1S/C17H20FN3O2S/c1-10(15(22)19-12-5-3-2-4-6-12)24-17-20-14-8-7-11(18)9-13(14)16(23)21-17/h7-10,12H,2-6H2,1H3,(H,19,22)(H,20,21,23)/t10-/m0/s1. The number of fused-ring (bicyclic) bond motifs is 1. The molecule has 2 aromatic rings. The van der Waals surface area contributed by atoms with Crippen LogP contribution in [0.5, 0.6) is 0 Å². The summed E-state index contributed by atoms with van der Waals surface area (Å²) in [6.07, 6.45) is 5.60. The summed E-state index contributed by atoms with van der Waals surface area (Å²) in [5.74, 6) is -0.524. The van der Waals surface area contributed by atoms with Gasteiger partial charge in [0.1, 0.15) is 5.82 Å². The van der Waals surface area contributed by atoms with Crippen LogP contribution in [-0.2, 0) is 4.79 Å². The molecule has 2 N–H and O–H groups in total. The van der Waals surface area contributed by atoms with E-state index >= 15 is 0 Å². The maximum absolute atomic E-state index is 13.2. The average Bonchev–Trinajstić information content (AvgIpc) is 2.56. The molecule has 0 aliphatic heterocycles. The van der Waals surface area contributed by atoms with Gasteiger partial charge >= 0.3 is 0 Å². The minimum atomic E-state index is -0.476. The monoisotopic (exact) mass is 349 g/mol. The molecule has 128 valence electrons. The summed E-state index contributed by atoms with van der Waals surface area (Å²) in [5.41, 5.74) is 0.0180. The fourth-order valence-electron chi connectivity index (χ4n) is 2.93. The third-order valence-corrected chi connectivity index (χ3v) is 5.24. The normalized spacial score (nSPS) is 16.9. The first-order valence-electron chi connectivity index (χ1n) is 8.19. The zero-order valence-electron chi connectivity index (χ0n) is 13.5. The Kier molecular flexibility index (Phi) is 5.18. The number of hydrogen-bond acceptors (Lipinski definition) is 4. The van der Waals surface area contributed by atoms with Crippen LogP contribution in [0.3, 0.4) is 0 Å². The SMILES string of the molecule is C[C@H](Sc1nc2ccc(F)cc2c(=O)[nH]1)C(=O)NC1CCCCC1. The van der Waals surface area contributed by atoms with Gasteiger partial charge in [0, 0.05) is 6.04 Å². The summed E-state index contributed by atoms with van der Waals surface area (Å²) < 4.78 is 13.2. The second kappa shape index (κ2) is 7.34. The first-order valence-corrected chi connectivity index (χ1v) is 9.07. The number of carbonyl (C=O) groups is 1. The maximum atomic E-state index is 13.2. The molecule has 1 fully saturated rings. The van der Waals surface area contributed by atoms with Crippen LogP contribution in [0.2, 0.25) is 0 Å². The predicted octanol–water partition coefficient (Wildman–Crippen LogP) is 2.99. The van der Waals surface area contributed by atoms with Gasteiger partial charge in [-0.2, -0.15) is 0 Å². The number of nitrogens with one attached hydrogen (secondary N) is 2. The topological polar surface area (TPSA) is 74.8 Å². The first kappa shape index (κ1) is 17.0. The van der Waals surface area contributed by atoms with E-state index in [4.69, 9.17) is 0 Å². The van der Waals surface area contributed by atoms with Crippen molar-refractivity contribution < 1.29 is 9.18 Å². The van der Waals surface area contributed by atoms with Crippen LogP contribution < -0.4 is 10.9 Å². The minimum absolute atomic E-state index is 0.0475. The number of thioether (sulfide) groups is 1. The lowest BCUT2D eigenvalue weighted by molar-refractivity contribution is -0.121. The van der Waals surface area contributed by atoms with E-state index in [1.807, 2.05) is 0 Å². The molecule has 1 aromatic heterocycles. The Morgan fingerprint density at radius 1 is 1.38 bits per heavy atom. The molecule has 5 nitrogen and oxygen atoms in total. The highest BCUT2D eigenvalue weighted by Gasteiger charge is 2.21. The van der Waals surface area contributed by atoms with Crippen LogP contribution in [0.15, 0.2) is 28.2 Å². The van der Waals surface area contributed by atoms with E-state index in [2.05, 4.69) is 15.3 Å². The van der Waals surface area contributed by atoms with Crippen molar-refractivity contribution >= 4 is 28.6 Å². The fourth-order valence-corrected chi connectivity index (χ4v) is 3.74. The molecule has 1 amide bonds. The molecule has 0 spiro atoms. The Morgan fingerprint density at radius 2 is 2.12 bits per heavy atom. The van der Waals surface area contributed by atoms with Gasteiger partial charge in [0.15, 0.2) is 5.16 Å². The molecule has 1 saturated carbocycles. The summed E-state index contributed by atoms with van der Waals surface area (Å²) in [7, 11) is 0. The molecule has 24 heavy (non-hydrogen) atoms. The fraction of sp³-hybridized carbons (Fsp3) is 0.471. The van der Waals surface area contributed by atoms with Gasteiger partial charge in [-0.25, -0.2) is 9.37 Å². The first-order chi connectivity index (χ1) is 11.5. The summed E-state index contributed by atoms with van der Waals surface area (Å²) in [5, 5.41) is 3.27. The second-order valence-electron chi connectivity index (χ2n) is 6.14. The zero-order chi connectivity index (χ0) is 17.1. The quantitative estimate of drug-likeness (QED) is 0.657. The van der Waals surface area contributed by atoms with Crippen molar-refractivity contribution in [2.24, 2.45) is 0 Å². The third-order valence-electron chi connectivity index (χ3n) is 4.25. The van der Waals surface area contributed by atoms with Gasteiger partial charge in [-0.05, 0) is 38.0 Å². The van der Waals surface area contributed by atoms with Crippen molar-refractivity contribution in [1.29, 1.82) is 0 Å². The zero-order valence-corrected chi connectivity index (χ0v) is 14.3. The molecule has 0 unspecified atom stereocenters. The molecule has 3 rings (SSSR count). The molecule has 0 saturated heterocycles. The van der Waals surface area contributed by atoms with E-state index in [0.717, 1.165) is 31.7 Å². The number of aromatic amines is 1. The lowest BCUT2D eigenvalue weighted by Crippen LogP contribution is -2.40. The van der Waals surface area contributed by atoms with Crippen LogP contribution in [0.25, 0.3) is 10.9 Å². The van der Waals surface area contributed by atoms with Crippen molar-refractivity contribution in [1.82, 2.24) is 15.3 Å². The molecular formula is C17H20FN3O2S. The van der Waals surface area contributed by atoms with Gasteiger partial charge in [-0.1, -0.05) is 31.0 Å². The molecule has 1 aliphatic rings. The van der Waals surface area contributed by atoms with Gasteiger partial charge in [0.2, 0.25) is 5.91 Å². The van der Waals surface area contributed by atoms with Crippen LogP contribution in [0.4, 0.5) is 4.39 Å². The highest BCUT2D eigenvalue weighted by Crippen LogP contribution is 2.22. The van der Waals surface area contributed by atoms with Crippen LogP contribution in [0, 0.1) is 5.82 Å². The van der Waals surface area contributed by atoms with Crippen LogP contribution in [0.1, 0.15) is 39.0 Å². The van der Waals surface area contributed by atoms with Crippen molar-refractivity contribution in [2.75, 3.05) is 0 Å². The smallest absolute Gasteiger partial charge is 0.259 e. The number of amides is 1. The molecule has 0 radical (unpaired) electrons. The number of hydrogen-bond donors (Lipinski definition) is 2. The van der Waals surface area contributed by atoms with E-state index in [1.54, 1.807) is 6.92 Å². The Balaban J connectivity index is 1.70. The van der Waals surface area contributed by atoms with E-state index in [9.17, 15) is 14.0 Å². The molecule has 1 atom stereocenters. The van der Waals surface area contributed by atoms with Crippen molar-refractivity contribution in [3.05, 3.63) is 34.4 Å². The highest BCUT2D eigenvalue weighted by atomic mass is 32.2. The Hall–Kier alpha value is -1.89. The number of benzene rings is 1. The maximum Gasteiger partial charge on any atom is 0.259 e. The number of rotatable bonds is 4. The minimum Gasteiger partial charge on any atom is -0.352 e. The summed E-state index contributed by atoms with van der Waals surface area (Å²) >= 11 is 1.20. The van der Waals surface area contributed by atoms with Gasteiger partial charge in [0.25, 0.3) is 5.56 Å². The number of halogens is 1. The lowest BCUT2D eigenvalue weighted by atomic mass is 9.95. The van der Waals surface area contributed by atoms with Crippen molar-refractivity contribution in [2.45, 2.75) is 55.5 Å². The van der Waals surface area contributed by atoms with Crippen molar-refractivity contribution in [3.63, 3.8) is 0 Å². The Bertz CT molecular complexity index is 802. The van der Waals surface area contributed by atoms with Gasteiger partial charge in [-0.3, -0.25) is 9.59 Å². The molecule has 0 bridgehead atoms. The molecule has 1 aromatic carbocycles. The second-order valence-corrected chi connectivity index (χ2v) is 7.47. The number of nitrogens with zero attached hydrogens (tertiary/aromatic N) is 1. The van der Waals surface area contributed by atoms with E-state index in [-0.39, 0.29) is 22.6 Å². The third kappa shape index (κ3) is 3.95. The van der Waals surface area contributed by atoms with Gasteiger partial charge < -0.3 is 10.3 Å². The average molecular weight is 349 g/mol. The summed E-state index contributed by atoms with van der Waals surface area (Å²) in [6, 6.07) is 4.15. The molecule has 7 heteroatoms. The predicted molar refractivity (Wildman–Crippen MR) is 92.7 cm³/mol. The van der Waals surface area contributed by atoms with Gasteiger partial charge in [-0.15, -0.1) is 0 Å². The van der Waals surface area contributed by atoms with Gasteiger partial charge in [0.05, 0.1) is 16.2 Å². The Morgan fingerprint density at radius 3 is 2.88 bits per heavy atom. The van der Waals surface area contributed by atoms with E-state index in [1.165, 1.54) is 30.3 Å². The summed E-state index contributed by atoms with van der Waals surface area (Å²) in [6.45, 7) is 1.79. The van der Waals surface area contributed by atoms with E-state index in [0.29, 0.717) is 10.7 Å². The summed E-state index contributed by atoms with van der Waals surface area (Å²) in [4.78, 5) is 31.3. The number of aromatic nitrogens is 2. The van der Waals surface area contributed by atoms with Crippen LogP contribution >= 0.6 is 11.8 Å². The molecule has 1 heterocycles. The molecular weight excluding hydrogens is 329 g/mol. The van der Waals surface area contributed by atoms with E-state index < -0.39 is 11.4 Å².